The summed E-state index contributed by atoms with van der Waals surface area (Å²) >= 11 is 0. The van der Waals surface area contributed by atoms with Crippen LogP contribution in [0.5, 0.6) is 5.75 Å². The van der Waals surface area contributed by atoms with Crippen LogP contribution in [-0.2, 0) is 21.7 Å². The van der Waals surface area contributed by atoms with Crippen molar-refractivity contribution in [3.8, 4) is 5.75 Å². The van der Waals surface area contributed by atoms with E-state index >= 15 is 4.11 Å². The lowest BCUT2D eigenvalue weighted by Crippen LogP contribution is -2.45. The maximum Gasteiger partial charge on any atom is 0.264 e. The molecule has 3 aliphatic rings. The minimum atomic E-state index is -3.29. The van der Waals surface area contributed by atoms with E-state index in [1.54, 1.807) is 30.0 Å². The molecule has 0 saturated carbocycles. The summed E-state index contributed by atoms with van der Waals surface area (Å²) in [5.74, 6) is -0.161. The van der Waals surface area contributed by atoms with E-state index in [1.807, 2.05) is 85.8 Å². The number of nitrogens with zero attached hydrogens (tertiary/aromatic N) is 2. The molecule has 0 radical (unpaired) electrons. The van der Waals surface area contributed by atoms with E-state index in [4.69, 9.17) is 9.47 Å². The first-order valence-electron chi connectivity index (χ1n) is 15.0. The lowest BCUT2D eigenvalue weighted by molar-refractivity contribution is -0.146. The SMILES string of the molecule is COc1ccc2c(c1)[C@@]1(O[C@H](CCO)[C@@H]([Si](C)(C)F)[C@@H]1C)C(=O)N2Cc1ccc(N2C(=O)c3cccc4cccc2c34)cc1. The molecule has 0 bridgehead atoms. The Labute approximate surface area is 257 Å². The molecule has 0 aliphatic carbocycles. The van der Waals surface area contributed by atoms with Crippen LogP contribution < -0.4 is 14.5 Å². The first kappa shape index (κ1) is 28.7. The fourth-order valence-electron chi connectivity index (χ4n) is 7.81. The van der Waals surface area contributed by atoms with Crippen molar-refractivity contribution in [3.63, 3.8) is 0 Å². The molecule has 4 atom stereocenters. The Morgan fingerprint density at radius 3 is 2.41 bits per heavy atom. The molecule has 226 valence electrons. The smallest absolute Gasteiger partial charge is 0.264 e. The molecule has 44 heavy (non-hydrogen) atoms. The summed E-state index contributed by atoms with van der Waals surface area (Å²) < 4.78 is 27.9. The number of aliphatic hydroxyl groups is 1. The van der Waals surface area contributed by atoms with Gasteiger partial charge in [-0.1, -0.05) is 43.3 Å². The molecular formula is C35H35FN2O5Si. The highest BCUT2D eigenvalue weighted by atomic mass is 28.4. The number of carbonyl (C=O) groups excluding carboxylic acids is 2. The number of amides is 2. The first-order chi connectivity index (χ1) is 21.1. The van der Waals surface area contributed by atoms with E-state index in [2.05, 4.69) is 0 Å². The molecule has 7 rings (SSSR count). The predicted molar refractivity (Wildman–Crippen MR) is 171 cm³/mol. The van der Waals surface area contributed by atoms with Crippen LogP contribution in [0, 0.1) is 5.92 Å². The number of methoxy groups -OCH3 is 1. The number of halogens is 1. The van der Waals surface area contributed by atoms with E-state index in [0.29, 0.717) is 22.6 Å². The fourth-order valence-corrected chi connectivity index (χ4v) is 10.4. The summed E-state index contributed by atoms with van der Waals surface area (Å²) in [6, 6.07) is 24.9. The maximum absolute atomic E-state index is 15.8. The van der Waals surface area contributed by atoms with Crippen LogP contribution in [0.3, 0.4) is 0 Å². The largest absolute Gasteiger partial charge is 0.497 e. The molecule has 1 saturated heterocycles. The second-order valence-electron chi connectivity index (χ2n) is 12.5. The van der Waals surface area contributed by atoms with Crippen LogP contribution in [0.2, 0.25) is 18.6 Å². The molecule has 1 fully saturated rings. The topological polar surface area (TPSA) is 79.3 Å². The number of hydrogen-bond donors (Lipinski definition) is 1. The Balaban J connectivity index is 1.23. The highest BCUT2D eigenvalue weighted by Gasteiger charge is 2.66. The third kappa shape index (κ3) is 4.06. The van der Waals surface area contributed by atoms with Gasteiger partial charge in [-0.2, -0.15) is 0 Å². The van der Waals surface area contributed by atoms with Crippen LogP contribution in [0.4, 0.5) is 21.2 Å². The monoisotopic (exact) mass is 610 g/mol. The Hall–Kier alpha value is -4.05. The zero-order valence-electron chi connectivity index (χ0n) is 25.2. The Kier molecular flexibility index (Phi) is 6.69. The maximum atomic E-state index is 15.8. The van der Waals surface area contributed by atoms with Gasteiger partial charge >= 0.3 is 0 Å². The van der Waals surface area contributed by atoms with Gasteiger partial charge in [-0.05, 0) is 72.9 Å². The molecule has 1 N–H and O–H groups in total. The van der Waals surface area contributed by atoms with Crippen molar-refractivity contribution < 1.29 is 28.3 Å². The van der Waals surface area contributed by atoms with Gasteiger partial charge in [-0.3, -0.25) is 14.5 Å². The number of aliphatic hydroxyl groups excluding tert-OH is 1. The van der Waals surface area contributed by atoms with Gasteiger partial charge in [0.05, 0.1) is 36.7 Å². The lowest BCUT2D eigenvalue weighted by Gasteiger charge is -2.31. The average Bonchev–Trinajstić information content (AvgIpc) is 3.56. The summed E-state index contributed by atoms with van der Waals surface area (Å²) in [6.07, 6.45) is -0.312. The molecule has 3 heterocycles. The normalized spacial score (nSPS) is 24.2. The number of hydrogen-bond acceptors (Lipinski definition) is 5. The van der Waals surface area contributed by atoms with E-state index in [1.165, 1.54) is 0 Å². The highest BCUT2D eigenvalue weighted by molar-refractivity contribution is 6.72. The molecule has 4 aromatic carbocycles. The number of ether oxygens (including phenoxy) is 2. The third-order valence-corrected chi connectivity index (χ3v) is 12.1. The molecule has 7 nitrogen and oxygen atoms in total. The van der Waals surface area contributed by atoms with Gasteiger partial charge in [0.25, 0.3) is 11.8 Å². The molecule has 0 aromatic heterocycles. The minimum Gasteiger partial charge on any atom is -0.497 e. The summed E-state index contributed by atoms with van der Waals surface area (Å²) in [4.78, 5) is 31.4. The third-order valence-electron chi connectivity index (χ3n) is 9.67. The number of benzene rings is 4. The number of rotatable bonds is 7. The lowest BCUT2D eigenvalue weighted by atomic mass is 9.82. The summed E-state index contributed by atoms with van der Waals surface area (Å²) in [5.41, 5.74) is 2.68. The molecule has 3 aliphatic heterocycles. The van der Waals surface area contributed by atoms with E-state index in [-0.39, 0.29) is 31.4 Å². The minimum absolute atomic E-state index is 0.0669. The van der Waals surface area contributed by atoms with Crippen molar-refractivity contribution in [1.82, 2.24) is 0 Å². The van der Waals surface area contributed by atoms with Gasteiger partial charge < -0.3 is 23.6 Å². The van der Waals surface area contributed by atoms with Gasteiger partial charge in [0.15, 0.2) is 5.60 Å². The van der Waals surface area contributed by atoms with Crippen LogP contribution in [0.15, 0.2) is 78.9 Å². The average molecular weight is 611 g/mol. The van der Waals surface area contributed by atoms with Gasteiger partial charge in [-0.15, -0.1) is 0 Å². The highest BCUT2D eigenvalue weighted by Crippen LogP contribution is 2.60. The summed E-state index contributed by atoms with van der Waals surface area (Å²) in [6.45, 7) is 5.32. The number of anilines is 3. The summed E-state index contributed by atoms with van der Waals surface area (Å²) in [5, 5.41) is 11.8. The predicted octanol–water partition coefficient (Wildman–Crippen LogP) is 6.84. The van der Waals surface area contributed by atoms with Crippen molar-refractivity contribution >= 4 is 48.1 Å². The van der Waals surface area contributed by atoms with Crippen molar-refractivity contribution in [2.75, 3.05) is 23.5 Å². The molecular weight excluding hydrogens is 575 g/mol. The van der Waals surface area contributed by atoms with Gasteiger partial charge in [0.2, 0.25) is 8.41 Å². The van der Waals surface area contributed by atoms with Crippen LogP contribution in [0.25, 0.3) is 10.8 Å². The van der Waals surface area contributed by atoms with Crippen LogP contribution in [0.1, 0.15) is 34.8 Å². The number of carbonyl (C=O) groups is 2. The standard InChI is InChI=1S/C35H35FN2O5Si/c1-21-32(44(3,4)36)30(17-18-39)43-35(21)27-19-25(42-2)15-16-28(27)37(34(35)41)20-22-11-13-24(14-12-22)38-29-10-6-8-23-7-5-9-26(31(23)29)33(38)40/h5-16,19,21,30,32,39H,17-18,20H2,1-4H3/t21-,30+,32-,35+/m0/s1. The van der Waals surface area contributed by atoms with Crippen molar-refractivity contribution in [2.24, 2.45) is 5.92 Å². The zero-order chi connectivity index (χ0) is 31.0. The van der Waals surface area contributed by atoms with Crippen molar-refractivity contribution in [3.05, 3.63) is 95.6 Å². The fraction of sp³-hybridized carbons (Fsp3) is 0.314. The second-order valence-corrected chi connectivity index (χ2v) is 16.3. The Morgan fingerprint density at radius 2 is 1.73 bits per heavy atom. The molecule has 9 heteroatoms. The second kappa shape index (κ2) is 10.3. The Bertz CT molecular complexity index is 1800. The zero-order valence-corrected chi connectivity index (χ0v) is 26.2. The van der Waals surface area contributed by atoms with Crippen molar-refractivity contribution in [1.29, 1.82) is 0 Å². The molecule has 2 amide bonds. The van der Waals surface area contributed by atoms with E-state index < -0.39 is 31.6 Å². The quantitative estimate of drug-likeness (QED) is 0.183. The van der Waals surface area contributed by atoms with Gasteiger partial charge in [0.1, 0.15) is 5.75 Å². The summed E-state index contributed by atoms with van der Waals surface area (Å²) in [7, 11) is -1.71. The van der Waals surface area contributed by atoms with E-state index in [0.717, 1.165) is 27.7 Å². The van der Waals surface area contributed by atoms with E-state index in [9.17, 15) is 14.7 Å². The van der Waals surface area contributed by atoms with Crippen LogP contribution in [-0.4, -0.2) is 45.1 Å². The Morgan fingerprint density at radius 1 is 1.00 bits per heavy atom. The van der Waals surface area contributed by atoms with Crippen LogP contribution >= 0.6 is 0 Å². The molecule has 1 spiro atoms. The molecule has 4 aromatic rings. The first-order valence-corrected chi connectivity index (χ1v) is 18.0. The van der Waals surface area contributed by atoms with Crippen molar-refractivity contribution in [2.45, 2.75) is 50.2 Å². The van der Waals surface area contributed by atoms with Gasteiger partial charge in [-0.25, -0.2) is 0 Å². The molecule has 0 unspecified atom stereocenters. The van der Waals surface area contributed by atoms with Gasteiger partial charge in [0, 0.05) is 34.7 Å². The number of fused-ring (bicyclic) bond motifs is 2.